The molecular formula is C22H29NO5. The molecule has 9 aliphatic rings. The predicted octanol–water partition coefficient (Wildman–Crippen LogP) is 0.450. The monoisotopic (exact) mass is 387 g/mol. The van der Waals surface area contributed by atoms with Crippen molar-refractivity contribution in [1.29, 1.82) is 0 Å². The van der Waals surface area contributed by atoms with Gasteiger partial charge < -0.3 is 20.1 Å². The Kier molecular flexibility index (Phi) is 2.55. The third kappa shape index (κ3) is 1.26. The molecule has 3 N–H and O–H groups in total. The van der Waals surface area contributed by atoms with Crippen LogP contribution in [0.5, 0.6) is 0 Å². The zero-order chi connectivity index (χ0) is 19.6. The Balaban J connectivity index is 1.49. The van der Waals surface area contributed by atoms with Crippen molar-refractivity contribution in [2.45, 2.75) is 75.5 Å². The highest BCUT2D eigenvalue weighted by molar-refractivity contribution is 5.66. The van der Waals surface area contributed by atoms with Crippen LogP contribution in [0.4, 0.5) is 0 Å². The van der Waals surface area contributed by atoms with E-state index in [1.165, 1.54) is 6.92 Å². The van der Waals surface area contributed by atoms with Crippen molar-refractivity contribution in [1.82, 2.24) is 4.90 Å². The van der Waals surface area contributed by atoms with Crippen LogP contribution in [-0.2, 0) is 9.53 Å². The molecule has 3 aliphatic heterocycles. The van der Waals surface area contributed by atoms with E-state index in [1.807, 2.05) is 0 Å². The third-order valence-electron chi connectivity index (χ3n) is 10.6. The zero-order valence-corrected chi connectivity index (χ0v) is 16.5. The molecule has 0 aromatic rings. The Morgan fingerprint density at radius 2 is 2.00 bits per heavy atom. The van der Waals surface area contributed by atoms with Gasteiger partial charge >= 0.3 is 5.97 Å². The van der Waals surface area contributed by atoms with Crippen molar-refractivity contribution in [2.24, 2.45) is 34.0 Å². The number of fused-ring (bicyclic) bond motifs is 1. The molecule has 6 saturated carbocycles. The fraction of sp³-hybridized carbons (Fsp3) is 0.864. The summed E-state index contributed by atoms with van der Waals surface area (Å²) < 4.78 is 5.75. The Bertz CT molecular complexity index is 860. The number of piperidine rings is 2. The summed E-state index contributed by atoms with van der Waals surface area (Å²) >= 11 is 0. The first-order chi connectivity index (χ1) is 13.1. The van der Waals surface area contributed by atoms with Gasteiger partial charge in [-0.25, -0.2) is 0 Å². The smallest absolute Gasteiger partial charge is 0.302 e. The number of nitrogens with zero attached hydrogens (tertiary/aromatic N) is 1. The van der Waals surface area contributed by atoms with Crippen LogP contribution in [0.15, 0.2) is 12.2 Å². The number of carbonyl (C=O) groups excluding carboxylic acids is 1. The number of esters is 1. The maximum Gasteiger partial charge on any atom is 0.302 e. The van der Waals surface area contributed by atoms with E-state index in [1.54, 1.807) is 0 Å². The summed E-state index contributed by atoms with van der Waals surface area (Å²) in [6.07, 6.45) is 1.27. The minimum absolute atomic E-state index is 0.0237. The van der Waals surface area contributed by atoms with Crippen LogP contribution in [0.25, 0.3) is 0 Å². The van der Waals surface area contributed by atoms with Gasteiger partial charge in [-0.1, -0.05) is 19.1 Å². The average molecular weight is 387 g/mol. The molecule has 0 aromatic carbocycles. The standard InChI is InChI=1S/C22H29NO5/c1-9-4-20-7-12-15-19(3)5-11(28-10(2)24)6-21(15)16(20)14(25)13(9)17(26)22(20,27)18(21)23(12)8-19/h11-18,25-27H,1,4-8H2,2-3H3/t11-,12-,13+,14+,15+,16+,17?,18?,19-,20?,21-,22-/m0/s1. The van der Waals surface area contributed by atoms with E-state index in [-0.39, 0.29) is 34.9 Å². The van der Waals surface area contributed by atoms with E-state index in [4.69, 9.17) is 4.74 Å². The van der Waals surface area contributed by atoms with Crippen molar-refractivity contribution in [3.05, 3.63) is 12.2 Å². The van der Waals surface area contributed by atoms with Crippen LogP contribution in [-0.4, -0.2) is 68.7 Å². The number of aliphatic hydroxyl groups excluding tert-OH is 2. The van der Waals surface area contributed by atoms with Crippen LogP contribution in [0.3, 0.4) is 0 Å². The number of aliphatic hydroxyl groups is 3. The fourth-order valence-corrected chi connectivity index (χ4v) is 11.0. The lowest BCUT2D eigenvalue weighted by Crippen LogP contribution is -2.76. The van der Waals surface area contributed by atoms with Crippen molar-refractivity contribution >= 4 is 5.97 Å². The lowest BCUT2D eigenvalue weighted by atomic mass is 9.39. The molecule has 6 aliphatic carbocycles. The molecule has 9 rings (SSSR count). The second-order valence-corrected chi connectivity index (χ2v) is 11.5. The van der Waals surface area contributed by atoms with Crippen molar-refractivity contribution in [3.8, 4) is 0 Å². The number of carbonyl (C=O) groups is 1. The highest BCUT2D eigenvalue weighted by Gasteiger charge is 2.94. The van der Waals surface area contributed by atoms with Gasteiger partial charge in [-0.3, -0.25) is 9.69 Å². The molecule has 13 atom stereocenters. The van der Waals surface area contributed by atoms with Crippen LogP contribution in [0.1, 0.15) is 39.5 Å². The van der Waals surface area contributed by atoms with Gasteiger partial charge in [-0.2, -0.15) is 0 Å². The number of ether oxygens (including phenoxy) is 1. The summed E-state index contributed by atoms with van der Waals surface area (Å²) in [5.41, 5.74) is -1.07. The highest BCUT2D eigenvalue weighted by Crippen LogP contribution is 2.88. The third-order valence-corrected chi connectivity index (χ3v) is 10.6. The Hall–Kier alpha value is -0.950. The minimum Gasteiger partial charge on any atom is -0.463 e. The van der Waals surface area contributed by atoms with Gasteiger partial charge in [0.2, 0.25) is 0 Å². The maximum absolute atomic E-state index is 12.2. The van der Waals surface area contributed by atoms with Gasteiger partial charge in [0.05, 0.1) is 12.2 Å². The molecule has 0 radical (unpaired) electrons. The van der Waals surface area contributed by atoms with Crippen LogP contribution in [0, 0.1) is 34.0 Å². The van der Waals surface area contributed by atoms with E-state index >= 15 is 0 Å². The molecule has 152 valence electrons. The molecule has 0 amide bonds. The molecule has 4 unspecified atom stereocenters. The number of hydrogen-bond acceptors (Lipinski definition) is 6. The SMILES string of the molecule is C=C1CC23C[C@H]4[C@@H]5[C@@]6(C)C[C@H](OC(C)=O)C[C@]57C(N4C6)[C@@]2(O)C(O)[C@H]1[C@@H](O)[C@H]37. The van der Waals surface area contributed by atoms with E-state index < -0.39 is 29.1 Å². The van der Waals surface area contributed by atoms with Gasteiger partial charge in [0.25, 0.3) is 0 Å². The molecule has 2 spiro atoms. The molecule has 3 saturated heterocycles. The number of hydrogen-bond donors (Lipinski definition) is 3. The summed E-state index contributed by atoms with van der Waals surface area (Å²) in [5, 5.41) is 35.1. The van der Waals surface area contributed by atoms with Crippen molar-refractivity contribution in [2.75, 3.05) is 6.54 Å². The van der Waals surface area contributed by atoms with Gasteiger partial charge in [0.15, 0.2) is 0 Å². The second-order valence-electron chi connectivity index (χ2n) is 11.5. The van der Waals surface area contributed by atoms with Crippen LogP contribution in [0.2, 0.25) is 0 Å². The first-order valence-electron chi connectivity index (χ1n) is 10.8. The molecule has 9 fully saturated rings. The summed E-state index contributed by atoms with van der Waals surface area (Å²) in [4.78, 5) is 14.3. The van der Waals surface area contributed by atoms with Crippen LogP contribution >= 0.6 is 0 Å². The Labute approximate surface area is 164 Å². The van der Waals surface area contributed by atoms with Gasteiger partial charge in [0, 0.05) is 48.2 Å². The number of rotatable bonds is 1. The summed E-state index contributed by atoms with van der Waals surface area (Å²) in [5.74, 6) is -0.379. The first-order valence-corrected chi connectivity index (χ1v) is 10.8. The Morgan fingerprint density at radius 3 is 2.71 bits per heavy atom. The molecule has 6 nitrogen and oxygen atoms in total. The second kappa shape index (κ2) is 4.25. The molecule has 6 heteroatoms. The van der Waals surface area contributed by atoms with Gasteiger partial charge in [0.1, 0.15) is 11.7 Å². The minimum atomic E-state index is -1.20. The quantitative estimate of drug-likeness (QED) is 0.447. The van der Waals surface area contributed by atoms with E-state index in [0.717, 1.165) is 25.0 Å². The topological polar surface area (TPSA) is 90.2 Å². The van der Waals surface area contributed by atoms with Gasteiger partial charge in [-0.15, -0.1) is 0 Å². The van der Waals surface area contributed by atoms with Crippen LogP contribution < -0.4 is 0 Å². The highest BCUT2D eigenvalue weighted by atomic mass is 16.5. The molecular weight excluding hydrogens is 358 g/mol. The molecule has 28 heavy (non-hydrogen) atoms. The average Bonchev–Trinajstić information content (AvgIpc) is 2.97. The molecule has 0 aromatic heterocycles. The normalized spacial score (nSPS) is 69.3. The summed E-state index contributed by atoms with van der Waals surface area (Å²) in [6, 6.07) is 0.245. The zero-order valence-electron chi connectivity index (χ0n) is 16.5. The first kappa shape index (κ1) is 16.8. The fourth-order valence-electron chi connectivity index (χ4n) is 11.0. The molecule has 3 heterocycles. The predicted molar refractivity (Wildman–Crippen MR) is 97.9 cm³/mol. The van der Waals surface area contributed by atoms with E-state index in [0.29, 0.717) is 24.8 Å². The van der Waals surface area contributed by atoms with Gasteiger partial charge in [-0.05, 0) is 37.0 Å². The maximum atomic E-state index is 12.2. The Morgan fingerprint density at radius 1 is 1.25 bits per heavy atom. The molecule has 9 bridgehead atoms. The lowest BCUT2D eigenvalue weighted by molar-refractivity contribution is -0.280. The van der Waals surface area contributed by atoms with E-state index in [9.17, 15) is 20.1 Å². The largest absolute Gasteiger partial charge is 0.463 e. The van der Waals surface area contributed by atoms with Crippen molar-refractivity contribution in [3.63, 3.8) is 0 Å². The lowest BCUT2D eigenvalue weighted by Gasteiger charge is -2.67. The summed E-state index contributed by atoms with van der Waals surface area (Å²) in [6.45, 7) is 8.85. The van der Waals surface area contributed by atoms with Crippen molar-refractivity contribution < 1.29 is 24.9 Å². The van der Waals surface area contributed by atoms with E-state index in [2.05, 4.69) is 18.4 Å². The summed E-state index contributed by atoms with van der Waals surface area (Å²) in [7, 11) is 0.